The number of nitrogens with one attached hydrogen (secondary N) is 1. The number of furan rings is 1. The summed E-state index contributed by atoms with van der Waals surface area (Å²) in [6.07, 6.45) is 1.41. The zero-order valence-electron chi connectivity index (χ0n) is 21.5. The van der Waals surface area contributed by atoms with Crippen LogP contribution in [0.4, 0.5) is 4.79 Å². The maximum absolute atomic E-state index is 13.5. The van der Waals surface area contributed by atoms with Crippen LogP contribution >= 0.6 is 0 Å². The van der Waals surface area contributed by atoms with E-state index in [0.29, 0.717) is 16.9 Å². The Morgan fingerprint density at radius 2 is 1.75 bits per heavy atom. The van der Waals surface area contributed by atoms with Crippen LogP contribution < -0.4 is 5.32 Å². The van der Waals surface area contributed by atoms with Gasteiger partial charge in [-0.25, -0.2) is 4.79 Å². The van der Waals surface area contributed by atoms with E-state index < -0.39 is 11.7 Å². The number of hydrogen-bond donors (Lipinski definition) is 1. The molecule has 186 valence electrons. The van der Waals surface area contributed by atoms with Gasteiger partial charge in [-0.05, 0) is 80.6 Å². The number of ether oxygens (including phenoxy) is 1. The van der Waals surface area contributed by atoms with Crippen LogP contribution in [0.5, 0.6) is 0 Å². The van der Waals surface area contributed by atoms with Crippen molar-refractivity contribution >= 4 is 33.7 Å². The third kappa shape index (κ3) is 4.68. The van der Waals surface area contributed by atoms with E-state index >= 15 is 0 Å². The summed E-state index contributed by atoms with van der Waals surface area (Å²) in [6.45, 7) is 7.71. The Labute approximate surface area is 211 Å². The fourth-order valence-electron chi connectivity index (χ4n) is 4.73. The van der Waals surface area contributed by atoms with Gasteiger partial charge < -0.3 is 19.4 Å². The van der Waals surface area contributed by atoms with E-state index in [0.717, 1.165) is 29.4 Å². The van der Waals surface area contributed by atoms with E-state index in [1.54, 1.807) is 13.1 Å². The molecule has 1 fully saturated rings. The number of rotatable bonds is 5. The minimum atomic E-state index is -0.566. The normalized spacial score (nSPS) is 14.6. The zero-order chi connectivity index (χ0) is 25.7. The lowest BCUT2D eigenvalue weighted by molar-refractivity contribution is 0.0275. The summed E-state index contributed by atoms with van der Waals surface area (Å²) in [5, 5.41) is 6.57. The van der Waals surface area contributed by atoms with E-state index in [1.807, 2.05) is 52.0 Å². The van der Waals surface area contributed by atoms with Crippen molar-refractivity contribution in [1.82, 2.24) is 10.2 Å². The molecule has 5 rings (SSSR count). The maximum Gasteiger partial charge on any atom is 0.410 e. The molecule has 36 heavy (non-hydrogen) atoms. The van der Waals surface area contributed by atoms with Gasteiger partial charge in [0.1, 0.15) is 16.9 Å². The first-order valence-electron chi connectivity index (χ1n) is 12.3. The minimum Gasteiger partial charge on any atom is -0.459 e. The van der Waals surface area contributed by atoms with Crippen molar-refractivity contribution in [3.05, 3.63) is 83.1 Å². The Morgan fingerprint density at radius 3 is 2.47 bits per heavy atom. The monoisotopic (exact) mass is 484 g/mol. The van der Waals surface area contributed by atoms with Crippen LogP contribution in [0.15, 0.2) is 65.1 Å². The lowest BCUT2D eigenvalue weighted by Gasteiger charge is -2.24. The predicted octanol–water partition coefficient (Wildman–Crippen LogP) is 6.68. The molecule has 2 amide bonds. The van der Waals surface area contributed by atoms with E-state index in [2.05, 4.69) is 35.6 Å². The van der Waals surface area contributed by atoms with Gasteiger partial charge in [0.05, 0.1) is 12.1 Å². The van der Waals surface area contributed by atoms with E-state index in [4.69, 9.17) is 9.15 Å². The Kier molecular flexibility index (Phi) is 5.78. The number of nitrogens with zero attached hydrogens (tertiary/aromatic N) is 1. The van der Waals surface area contributed by atoms with Crippen LogP contribution in [0.25, 0.3) is 21.7 Å². The molecule has 0 saturated heterocycles. The number of carbonyl (C=O) groups excluding carboxylic acids is 2. The molecule has 6 nitrogen and oxygen atoms in total. The molecule has 1 aliphatic rings. The molecular weight excluding hydrogens is 452 g/mol. The molecule has 3 aromatic carbocycles. The number of fused-ring (bicyclic) bond motifs is 2. The standard InChI is InChI=1S/C30H32N2O4/c1-19-15-21-16-22(18-32(5)28(34)36-29(2,3)4)35-26(21)17-24(19)27(33)31-30(13-14-30)25-12-8-10-20-9-6-7-11-23(20)25/h6-12,15-17H,13-14,18H2,1-5H3,(H,31,33). The number of amides is 2. The summed E-state index contributed by atoms with van der Waals surface area (Å²) >= 11 is 0. The highest BCUT2D eigenvalue weighted by molar-refractivity contribution is 6.00. The number of benzene rings is 3. The van der Waals surface area contributed by atoms with Crippen LogP contribution in [0.3, 0.4) is 0 Å². The van der Waals surface area contributed by atoms with E-state index in [-0.39, 0.29) is 18.0 Å². The molecule has 0 bridgehead atoms. The Morgan fingerprint density at radius 1 is 1.03 bits per heavy atom. The quantitative estimate of drug-likeness (QED) is 0.343. The average molecular weight is 485 g/mol. The van der Waals surface area contributed by atoms with Gasteiger partial charge in [0.25, 0.3) is 5.91 Å². The maximum atomic E-state index is 13.5. The first kappa shape index (κ1) is 23.9. The van der Waals surface area contributed by atoms with Crippen LogP contribution in [0.2, 0.25) is 0 Å². The summed E-state index contributed by atoms with van der Waals surface area (Å²) in [7, 11) is 1.67. The Balaban J connectivity index is 1.37. The topological polar surface area (TPSA) is 71.8 Å². The smallest absolute Gasteiger partial charge is 0.410 e. The Hall–Kier alpha value is -3.80. The molecule has 1 aromatic heterocycles. The van der Waals surface area contributed by atoms with Crippen molar-refractivity contribution in [3.63, 3.8) is 0 Å². The van der Waals surface area contributed by atoms with E-state index in [1.165, 1.54) is 15.7 Å². The second-order valence-corrected chi connectivity index (χ2v) is 10.8. The summed E-state index contributed by atoms with van der Waals surface area (Å²) in [5.74, 6) is 0.522. The third-order valence-corrected chi connectivity index (χ3v) is 6.67. The van der Waals surface area contributed by atoms with Crippen LogP contribution in [0.1, 0.15) is 60.9 Å². The van der Waals surface area contributed by atoms with Crippen molar-refractivity contribution in [2.75, 3.05) is 7.05 Å². The van der Waals surface area contributed by atoms with Gasteiger partial charge in [-0.15, -0.1) is 0 Å². The first-order valence-corrected chi connectivity index (χ1v) is 12.3. The zero-order valence-corrected chi connectivity index (χ0v) is 21.5. The molecule has 1 heterocycles. The third-order valence-electron chi connectivity index (χ3n) is 6.67. The van der Waals surface area contributed by atoms with Gasteiger partial charge in [-0.3, -0.25) is 4.79 Å². The van der Waals surface area contributed by atoms with Crippen LogP contribution in [0, 0.1) is 6.92 Å². The highest BCUT2D eigenvalue weighted by Crippen LogP contribution is 2.48. The molecule has 1 N–H and O–H groups in total. The molecule has 0 atom stereocenters. The minimum absolute atomic E-state index is 0.108. The first-order chi connectivity index (χ1) is 17.0. The molecular formula is C30H32N2O4. The Bertz CT molecular complexity index is 1470. The highest BCUT2D eigenvalue weighted by atomic mass is 16.6. The lowest BCUT2D eigenvalue weighted by Crippen LogP contribution is -2.35. The molecule has 4 aromatic rings. The van der Waals surface area contributed by atoms with Crippen molar-refractivity contribution < 1.29 is 18.7 Å². The van der Waals surface area contributed by atoms with E-state index in [9.17, 15) is 9.59 Å². The molecule has 0 spiro atoms. The predicted molar refractivity (Wildman–Crippen MR) is 141 cm³/mol. The second-order valence-electron chi connectivity index (χ2n) is 10.8. The lowest BCUT2D eigenvalue weighted by atomic mass is 9.96. The van der Waals surface area contributed by atoms with Crippen molar-refractivity contribution in [2.45, 2.75) is 58.2 Å². The highest BCUT2D eigenvalue weighted by Gasteiger charge is 2.46. The second kappa shape index (κ2) is 8.70. The molecule has 1 saturated carbocycles. The summed E-state index contributed by atoms with van der Waals surface area (Å²) in [4.78, 5) is 27.3. The van der Waals surface area contributed by atoms with Gasteiger partial charge in [-0.2, -0.15) is 0 Å². The summed E-state index contributed by atoms with van der Waals surface area (Å²) in [5.41, 5.74) is 2.34. The van der Waals surface area contributed by atoms with Crippen molar-refractivity contribution in [3.8, 4) is 0 Å². The van der Waals surface area contributed by atoms with Gasteiger partial charge in [0, 0.05) is 18.0 Å². The molecule has 1 aliphatic carbocycles. The SMILES string of the molecule is Cc1cc2cc(CN(C)C(=O)OC(C)(C)C)oc2cc1C(=O)NC1(c2cccc3ccccc23)CC1. The summed E-state index contributed by atoms with van der Waals surface area (Å²) in [6, 6.07) is 20.2. The van der Waals surface area contributed by atoms with Gasteiger partial charge >= 0.3 is 6.09 Å². The van der Waals surface area contributed by atoms with Crippen LogP contribution in [-0.2, 0) is 16.8 Å². The average Bonchev–Trinajstić information content (AvgIpc) is 3.48. The van der Waals surface area contributed by atoms with Crippen LogP contribution in [-0.4, -0.2) is 29.5 Å². The largest absolute Gasteiger partial charge is 0.459 e. The van der Waals surface area contributed by atoms with Gasteiger partial charge in [0.2, 0.25) is 0 Å². The number of hydrogen-bond acceptors (Lipinski definition) is 4. The van der Waals surface area contributed by atoms with Crippen molar-refractivity contribution in [1.29, 1.82) is 0 Å². The fraction of sp³-hybridized carbons (Fsp3) is 0.333. The molecule has 0 aliphatic heterocycles. The number of carbonyl (C=O) groups is 2. The van der Waals surface area contributed by atoms with Gasteiger partial charge in [0.15, 0.2) is 0 Å². The number of aryl methyl sites for hydroxylation is 1. The van der Waals surface area contributed by atoms with Gasteiger partial charge in [-0.1, -0.05) is 42.5 Å². The summed E-state index contributed by atoms with van der Waals surface area (Å²) < 4.78 is 11.4. The molecule has 0 radical (unpaired) electrons. The molecule has 6 heteroatoms. The van der Waals surface area contributed by atoms with Crippen molar-refractivity contribution in [2.24, 2.45) is 0 Å². The molecule has 0 unspecified atom stereocenters. The fourth-order valence-corrected chi connectivity index (χ4v) is 4.73.